The minimum atomic E-state index is -4.33. The molecule has 0 heterocycles. The fourth-order valence-corrected chi connectivity index (χ4v) is 0. The fraction of sp³-hybridized carbons (Fsp3) is 0. The molecular formula is H3CuNNaO3S2. The van der Waals surface area contributed by atoms with Crippen LogP contribution < -0.4 is 35.7 Å². The summed E-state index contributed by atoms with van der Waals surface area (Å²) in [5, 5.41) is 0. The second kappa shape index (κ2) is 8.74. The van der Waals surface area contributed by atoms with Crippen LogP contribution in [-0.2, 0) is 37.9 Å². The summed E-state index contributed by atoms with van der Waals surface area (Å²) in [6.07, 6.45) is 0. The molecule has 0 unspecified atom stereocenters. The molecule has 0 saturated carbocycles. The zero-order valence-electron chi connectivity index (χ0n) is 4.05. The molecule has 4 nitrogen and oxygen atoms in total. The Morgan fingerprint density at radius 3 is 1.38 bits per heavy atom. The van der Waals surface area contributed by atoms with Crippen molar-refractivity contribution < 1.29 is 59.6 Å². The zero-order chi connectivity index (χ0) is 4.50. The fourth-order valence-electron chi connectivity index (χ4n) is 0. The SMILES string of the molecule is N.O=S(=O)([O-])[S-].[Cu+].[Na+]. The van der Waals surface area contributed by atoms with Crippen LogP contribution >= 0.6 is 0 Å². The maximum absolute atomic E-state index is 8.89. The molecule has 0 aromatic rings. The van der Waals surface area contributed by atoms with Crippen molar-refractivity contribution in [2.24, 2.45) is 0 Å². The Kier molecular flexibility index (Phi) is 24.7. The first kappa shape index (κ1) is 22.6. The van der Waals surface area contributed by atoms with E-state index in [0.29, 0.717) is 0 Å². The molecule has 0 bridgehead atoms. The summed E-state index contributed by atoms with van der Waals surface area (Å²) >= 11 is 3.24. The van der Waals surface area contributed by atoms with Crippen molar-refractivity contribution in [1.82, 2.24) is 6.15 Å². The molecule has 0 amide bonds. The van der Waals surface area contributed by atoms with E-state index in [4.69, 9.17) is 13.0 Å². The standard InChI is InChI=1S/Cu.H3N.Na.H2O3S2/c;;;1-5(2,3)4/h;1H3;;(H2,1,2,3,4)/q+1;;+1;/p-2. The second-order valence-electron chi connectivity index (χ2n) is 0.408. The van der Waals surface area contributed by atoms with Gasteiger partial charge in [0.15, 0.2) is 0 Å². The Labute approximate surface area is 85.7 Å². The first-order chi connectivity index (χ1) is 2.00. The topological polar surface area (TPSA) is 92.2 Å². The normalized spacial score (nSPS) is 7.25. The predicted molar refractivity (Wildman–Crippen MR) is 22.1 cm³/mol. The van der Waals surface area contributed by atoms with Gasteiger partial charge in [0.1, 0.15) is 0 Å². The van der Waals surface area contributed by atoms with Gasteiger partial charge in [0.25, 0.3) is 0 Å². The van der Waals surface area contributed by atoms with Crippen molar-refractivity contribution in [3.05, 3.63) is 0 Å². The van der Waals surface area contributed by atoms with Crippen LogP contribution in [0, 0.1) is 0 Å². The predicted octanol–water partition coefficient (Wildman–Crippen LogP) is -3.84. The molecule has 50 valence electrons. The van der Waals surface area contributed by atoms with Crippen molar-refractivity contribution in [2.45, 2.75) is 0 Å². The van der Waals surface area contributed by atoms with Crippen LogP contribution in [0.1, 0.15) is 0 Å². The minimum absolute atomic E-state index is 0. The van der Waals surface area contributed by atoms with Crippen LogP contribution in [0.15, 0.2) is 0 Å². The Hall–Kier alpha value is 1.74. The molecule has 0 aliphatic carbocycles. The third kappa shape index (κ3) is 116. The molecule has 0 aliphatic heterocycles. The van der Waals surface area contributed by atoms with Gasteiger partial charge in [-0.1, -0.05) is 0 Å². The summed E-state index contributed by atoms with van der Waals surface area (Å²) in [5.41, 5.74) is 0. The minimum Gasteiger partial charge on any atom is -0.768 e. The third-order valence-electron chi connectivity index (χ3n) is 0. The van der Waals surface area contributed by atoms with Gasteiger partial charge >= 0.3 is 46.6 Å². The van der Waals surface area contributed by atoms with Crippen molar-refractivity contribution in [1.29, 1.82) is 0 Å². The molecule has 0 aromatic heterocycles. The van der Waals surface area contributed by atoms with Crippen LogP contribution in [0.5, 0.6) is 0 Å². The Morgan fingerprint density at radius 1 is 1.38 bits per heavy atom. The molecule has 0 saturated heterocycles. The van der Waals surface area contributed by atoms with Crippen LogP contribution in [0.3, 0.4) is 0 Å². The summed E-state index contributed by atoms with van der Waals surface area (Å²) < 4.78 is 26.7. The van der Waals surface area contributed by atoms with Gasteiger partial charge in [0, 0.05) is 0 Å². The van der Waals surface area contributed by atoms with E-state index in [1.54, 1.807) is 0 Å². The maximum Gasteiger partial charge on any atom is 1.00 e. The molecule has 0 spiro atoms. The van der Waals surface area contributed by atoms with Crippen LogP contribution in [0.25, 0.3) is 0 Å². The molecule has 3 N–H and O–H groups in total. The largest absolute Gasteiger partial charge is 1.00 e. The van der Waals surface area contributed by atoms with Crippen LogP contribution in [0.2, 0.25) is 0 Å². The van der Waals surface area contributed by atoms with E-state index in [9.17, 15) is 0 Å². The average Bonchev–Trinajstić information content (AvgIpc) is 0.722. The quantitative estimate of drug-likeness (QED) is 0.193. The van der Waals surface area contributed by atoms with Gasteiger partial charge in [0.2, 0.25) is 0 Å². The number of hydrogen-bond acceptors (Lipinski definition) is 5. The van der Waals surface area contributed by atoms with Crippen molar-refractivity contribution >= 4 is 20.8 Å². The number of rotatable bonds is 0. The smallest absolute Gasteiger partial charge is 0.768 e. The second-order valence-corrected chi connectivity index (χ2v) is 2.45. The molecule has 0 atom stereocenters. The summed E-state index contributed by atoms with van der Waals surface area (Å²) in [5.74, 6) is 0. The van der Waals surface area contributed by atoms with Crippen LogP contribution in [0.4, 0.5) is 0 Å². The summed E-state index contributed by atoms with van der Waals surface area (Å²) in [4.78, 5) is 0. The molecular weight excluding hydrogens is 213 g/mol. The van der Waals surface area contributed by atoms with Crippen molar-refractivity contribution in [2.75, 3.05) is 0 Å². The molecule has 0 fully saturated rings. The first-order valence-electron chi connectivity index (χ1n) is 0.667. The summed E-state index contributed by atoms with van der Waals surface area (Å²) in [7, 11) is -4.33. The van der Waals surface area contributed by atoms with E-state index in [1.165, 1.54) is 0 Å². The van der Waals surface area contributed by atoms with Gasteiger partial charge in [-0.05, 0) is 9.15 Å². The summed E-state index contributed by atoms with van der Waals surface area (Å²) in [6, 6.07) is 0. The summed E-state index contributed by atoms with van der Waals surface area (Å²) in [6.45, 7) is 0. The Morgan fingerprint density at radius 2 is 1.38 bits per heavy atom. The van der Waals surface area contributed by atoms with Gasteiger partial charge in [0.05, 0.1) is 0 Å². The van der Waals surface area contributed by atoms with E-state index >= 15 is 0 Å². The first-order valence-corrected chi connectivity index (χ1v) is 3.00. The van der Waals surface area contributed by atoms with Gasteiger partial charge in [-0.15, -0.1) is 0 Å². The monoisotopic (exact) mass is 215 g/mol. The molecule has 0 radical (unpaired) electrons. The molecule has 0 aliphatic rings. The van der Waals surface area contributed by atoms with Crippen molar-refractivity contribution in [3.8, 4) is 0 Å². The average molecular weight is 216 g/mol. The van der Waals surface area contributed by atoms with Crippen molar-refractivity contribution in [3.63, 3.8) is 0 Å². The molecule has 8 heteroatoms. The zero-order valence-corrected chi connectivity index (χ0v) is 8.62. The van der Waals surface area contributed by atoms with E-state index in [0.717, 1.165) is 0 Å². The maximum atomic E-state index is 8.89. The van der Waals surface area contributed by atoms with Gasteiger partial charge in [-0.25, -0.2) is 0 Å². The van der Waals surface area contributed by atoms with E-state index < -0.39 is 9.15 Å². The molecule has 0 rings (SSSR count). The van der Waals surface area contributed by atoms with Gasteiger partial charge in [-0.2, -0.15) is 0 Å². The third-order valence-corrected chi connectivity index (χ3v) is 0. The molecule has 8 heavy (non-hydrogen) atoms. The van der Waals surface area contributed by atoms with Gasteiger partial charge < -0.3 is 22.4 Å². The molecule has 0 aromatic carbocycles. The number of hydrogen-bond donors (Lipinski definition) is 1. The van der Waals surface area contributed by atoms with Gasteiger partial charge in [-0.3, -0.25) is 8.42 Å². The van der Waals surface area contributed by atoms with E-state index in [2.05, 4.69) is 11.7 Å². The Bertz CT molecular complexity index is 100. The van der Waals surface area contributed by atoms with E-state index in [1.807, 2.05) is 0 Å². The van der Waals surface area contributed by atoms with E-state index in [-0.39, 0.29) is 52.8 Å². The Balaban J connectivity index is -0.0000000267. The van der Waals surface area contributed by atoms with Crippen LogP contribution in [-0.4, -0.2) is 13.0 Å².